The maximum Gasteiger partial charge on any atom is 0.272 e. The van der Waals surface area contributed by atoms with E-state index >= 15 is 0 Å². The van der Waals surface area contributed by atoms with Gasteiger partial charge in [0, 0.05) is 46.7 Å². The average Bonchev–Trinajstić information content (AvgIpc) is 3.19. The number of hydrogen-bond donors (Lipinski definition) is 1. The van der Waals surface area contributed by atoms with E-state index in [1.54, 1.807) is 12.3 Å². The van der Waals surface area contributed by atoms with Crippen molar-refractivity contribution in [3.8, 4) is 11.1 Å². The molecule has 1 aromatic carbocycles. The molecular formula is C20H20ClN5O. The highest BCUT2D eigenvalue weighted by atomic mass is 35.5. The lowest BCUT2D eigenvalue weighted by atomic mass is 10.1. The van der Waals surface area contributed by atoms with Gasteiger partial charge in [0.15, 0.2) is 5.65 Å². The molecule has 3 heterocycles. The number of aromatic amines is 1. The molecule has 0 radical (unpaired) electrons. The molecule has 1 atom stereocenters. The Morgan fingerprint density at radius 2 is 1.93 bits per heavy atom. The number of H-pyrrole nitrogens is 1. The summed E-state index contributed by atoms with van der Waals surface area (Å²) < 4.78 is 3.42. The Morgan fingerprint density at radius 1 is 1.19 bits per heavy atom. The van der Waals surface area contributed by atoms with Gasteiger partial charge in [0.25, 0.3) is 5.56 Å². The zero-order valence-electron chi connectivity index (χ0n) is 15.4. The fourth-order valence-electron chi connectivity index (χ4n) is 3.32. The molecular weight excluding hydrogens is 362 g/mol. The number of halogens is 1. The van der Waals surface area contributed by atoms with E-state index in [9.17, 15) is 4.79 Å². The van der Waals surface area contributed by atoms with Crippen LogP contribution >= 0.6 is 11.6 Å². The maximum absolute atomic E-state index is 12.7. The molecule has 0 saturated carbocycles. The number of benzene rings is 1. The lowest BCUT2D eigenvalue weighted by Crippen LogP contribution is -2.18. The Kier molecular flexibility index (Phi) is 4.36. The van der Waals surface area contributed by atoms with Crippen LogP contribution in [-0.2, 0) is 6.54 Å². The molecule has 0 saturated heterocycles. The molecule has 0 aliphatic rings. The first-order chi connectivity index (χ1) is 12.9. The molecule has 0 aliphatic heterocycles. The Morgan fingerprint density at radius 3 is 2.59 bits per heavy atom. The van der Waals surface area contributed by atoms with Crippen molar-refractivity contribution in [2.45, 2.75) is 33.2 Å². The molecule has 7 heteroatoms. The topological polar surface area (TPSA) is 68.0 Å². The summed E-state index contributed by atoms with van der Waals surface area (Å²) in [6.45, 7) is 6.68. The third-order valence-corrected chi connectivity index (χ3v) is 5.08. The highest BCUT2D eigenvalue weighted by Gasteiger charge is 2.17. The highest BCUT2D eigenvalue weighted by molar-refractivity contribution is 6.30. The lowest BCUT2D eigenvalue weighted by Gasteiger charge is -2.13. The monoisotopic (exact) mass is 381 g/mol. The molecule has 0 bridgehead atoms. The third kappa shape index (κ3) is 3.17. The molecule has 6 nitrogen and oxygen atoms in total. The van der Waals surface area contributed by atoms with Gasteiger partial charge in [-0.05, 0) is 37.6 Å². The van der Waals surface area contributed by atoms with Crippen LogP contribution in [0.1, 0.15) is 29.9 Å². The number of aryl methyl sites for hydroxylation is 2. The summed E-state index contributed by atoms with van der Waals surface area (Å²) in [5, 5.41) is 8.12. The highest BCUT2D eigenvalue weighted by Crippen LogP contribution is 2.28. The standard InChI is InChI=1S/C20H20ClN5O/c1-12(11-25-13(2)8-9-22-25)17-10-18(27)26-20(23-17)19(14(3)24-26)15-4-6-16(21)7-5-15/h4-10,12,24H,11H2,1-3H3. The van der Waals surface area contributed by atoms with Gasteiger partial charge in [-0.3, -0.25) is 14.6 Å². The van der Waals surface area contributed by atoms with Crippen LogP contribution in [-0.4, -0.2) is 24.4 Å². The number of nitrogens with zero attached hydrogens (tertiary/aromatic N) is 4. The minimum atomic E-state index is -0.123. The van der Waals surface area contributed by atoms with Gasteiger partial charge in [0.2, 0.25) is 0 Å². The maximum atomic E-state index is 12.7. The van der Waals surface area contributed by atoms with E-state index in [2.05, 4.69) is 17.1 Å². The van der Waals surface area contributed by atoms with Crippen LogP contribution in [0.15, 0.2) is 47.4 Å². The van der Waals surface area contributed by atoms with Gasteiger partial charge in [-0.25, -0.2) is 9.50 Å². The Balaban J connectivity index is 1.82. The zero-order chi connectivity index (χ0) is 19.1. The molecule has 0 fully saturated rings. The Hall–Kier alpha value is -2.86. The predicted molar refractivity (Wildman–Crippen MR) is 106 cm³/mol. The summed E-state index contributed by atoms with van der Waals surface area (Å²) >= 11 is 6.02. The SMILES string of the molecule is Cc1[nH]n2c(=O)cc(C(C)Cn3nccc3C)nc2c1-c1ccc(Cl)cc1. The van der Waals surface area contributed by atoms with E-state index in [1.165, 1.54) is 4.52 Å². The zero-order valence-corrected chi connectivity index (χ0v) is 16.2. The van der Waals surface area contributed by atoms with Gasteiger partial charge in [-0.1, -0.05) is 30.7 Å². The van der Waals surface area contributed by atoms with Gasteiger partial charge < -0.3 is 0 Å². The Labute approximate surface area is 161 Å². The van der Waals surface area contributed by atoms with Crippen molar-refractivity contribution in [1.82, 2.24) is 24.4 Å². The third-order valence-electron chi connectivity index (χ3n) is 4.83. The van der Waals surface area contributed by atoms with Crippen LogP contribution < -0.4 is 5.56 Å². The first kappa shape index (κ1) is 17.5. The van der Waals surface area contributed by atoms with Gasteiger partial charge in [0.05, 0.1) is 5.69 Å². The van der Waals surface area contributed by atoms with E-state index in [1.807, 2.05) is 48.9 Å². The molecule has 138 valence electrons. The molecule has 4 rings (SSSR count). The number of fused-ring (bicyclic) bond motifs is 1. The smallest absolute Gasteiger partial charge is 0.272 e. The molecule has 0 spiro atoms. The number of aromatic nitrogens is 5. The second-order valence-electron chi connectivity index (χ2n) is 6.85. The van der Waals surface area contributed by atoms with Crippen molar-refractivity contribution >= 4 is 17.2 Å². The fourth-order valence-corrected chi connectivity index (χ4v) is 3.45. The summed E-state index contributed by atoms with van der Waals surface area (Å²) in [4.78, 5) is 17.5. The second kappa shape index (κ2) is 6.70. The van der Waals surface area contributed by atoms with Crippen molar-refractivity contribution in [3.05, 3.63) is 75.1 Å². The quantitative estimate of drug-likeness (QED) is 0.581. The summed E-state index contributed by atoms with van der Waals surface area (Å²) in [7, 11) is 0. The minimum Gasteiger partial charge on any atom is -0.293 e. The number of rotatable bonds is 4. The summed E-state index contributed by atoms with van der Waals surface area (Å²) in [5.74, 6) is 0.0505. The molecule has 0 aliphatic carbocycles. The van der Waals surface area contributed by atoms with E-state index in [4.69, 9.17) is 16.6 Å². The van der Waals surface area contributed by atoms with Crippen LogP contribution in [0.3, 0.4) is 0 Å². The number of hydrogen-bond acceptors (Lipinski definition) is 3. The van der Waals surface area contributed by atoms with Crippen LogP contribution in [0, 0.1) is 13.8 Å². The lowest BCUT2D eigenvalue weighted by molar-refractivity contribution is 0.523. The first-order valence-electron chi connectivity index (χ1n) is 8.80. The average molecular weight is 382 g/mol. The fraction of sp³-hybridized carbons (Fsp3) is 0.250. The largest absolute Gasteiger partial charge is 0.293 e. The summed E-state index contributed by atoms with van der Waals surface area (Å²) in [6, 6.07) is 11.1. The van der Waals surface area contributed by atoms with Crippen molar-refractivity contribution in [1.29, 1.82) is 0 Å². The second-order valence-corrected chi connectivity index (χ2v) is 7.29. The van der Waals surface area contributed by atoms with Gasteiger partial charge in [-0.2, -0.15) is 5.10 Å². The molecule has 1 unspecified atom stereocenters. The molecule has 3 aromatic heterocycles. The summed E-state index contributed by atoms with van der Waals surface area (Å²) in [5.41, 5.74) is 5.10. The minimum absolute atomic E-state index is 0.0505. The van der Waals surface area contributed by atoms with Gasteiger partial charge in [0.1, 0.15) is 0 Å². The molecule has 0 amide bonds. The first-order valence-corrected chi connectivity index (χ1v) is 9.18. The normalized spacial score (nSPS) is 12.6. The van der Waals surface area contributed by atoms with Crippen molar-refractivity contribution in [2.24, 2.45) is 0 Å². The van der Waals surface area contributed by atoms with Crippen LogP contribution in [0.2, 0.25) is 5.02 Å². The van der Waals surface area contributed by atoms with Crippen LogP contribution in [0.4, 0.5) is 0 Å². The van der Waals surface area contributed by atoms with Crippen molar-refractivity contribution in [2.75, 3.05) is 0 Å². The van der Waals surface area contributed by atoms with E-state index < -0.39 is 0 Å². The van der Waals surface area contributed by atoms with Gasteiger partial charge in [-0.15, -0.1) is 0 Å². The van der Waals surface area contributed by atoms with Crippen LogP contribution in [0.5, 0.6) is 0 Å². The predicted octanol–water partition coefficient (Wildman–Crippen LogP) is 3.96. The summed E-state index contributed by atoms with van der Waals surface area (Å²) in [6.07, 6.45) is 1.78. The Bertz CT molecular complexity index is 1170. The van der Waals surface area contributed by atoms with E-state index in [-0.39, 0.29) is 11.5 Å². The van der Waals surface area contributed by atoms with E-state index in [0.717, 1.165) is 28.2 Å². The van der Waals surface area contributed by atoms with Crippen molar-refractivity contribution in [3.63, 3.8) is 0 Å². The number of nitrogens with one attached hydrogen (secondary N) is 1. The van der Waals surface area contributed by atoms with Gasteiger partial charge >= 0.3 is 0 Å². The van der Waals surface area contributed by atoms with Crippen LogP contribution in [0.25, 0.3) is 16.8 Å². The molecule has 1 N–H and O–H groups in total. The van der Waals surface area contributed by atoms with Crippen molar-refractivity contribution < 1.29 is 0 Å². The molecule has 4 aromatic rings. The van der Waals surface area contributed by atoms with E-state index in [0.29, 0.717) is 17.2 Å². The molecule has 27 heavy (non-hydrogen) atoms.